The molecule has 0 saturated heterocycles. The molecule has 1 atom stereocenters. The zero-order valence-electron chi connectivity index (χ0n) is 10.4. The third kappa shape index (κ3) is 3.22. The van der Waals surface area contributed by atoms with E-state index in [1.165, 1.54) is 5.56 Å². The van der Waals surface area contributed by atoms with E-state index in [-0.39, 0.29) is 0 Å². The number of hydrogen-bond acceptors (Lipinski definition) is 3. The molecule has 0 aliphatic carbocycles. The van der Waals surface area contributed by atoms with E-state index in [0.29, 0.717) is 12.6 Å². The first-order valence-electron chi connectivity index (χ1n) is 5.77. The topological polar surface area (TPSA) is 38.5 Å². The highest BCUT2D eigenvalue weighted by atomic mass is 16.5. The maximum atomic E-state index is 5.58. The summed E-state index contributed by atoms with van der Waals surface area (Å²) in [5.74, 6) is 0.903. The van der Waals surface area contributed by atoms with Crippen molar-refractivity contribution in [3.8, 4) is 5.75 Å². The SMILES string of the molecule is CC[C@@H](c1ccc(OC)cc1)N(C)CCN. The van der Waals surface area contributed by atoms with Gasteiger partial charge in [0.2, 0.25) is 0 Å². The third-order valence-corrected chi connectivity index (χ3v) is 2.90. The van der Waals surface area contributed by atoms with Crippen LogP contribution in [0.5, 0.6) is 5.75 Å². The van der Waals surface area contributed by atoms with E-state index in [9.17, 15) is 0 Å². The van der Waals surface area contributed by atoms with Gasteiger partial charge in [-0.05, 0) is 31.2 Å². The lowest BCUT2D eigenvalue weighted by Gasteiger charge is -2.27. The summed E-state index contributed by atoms with van der Waals surface area (Å²) in [7, 11) is 3.80. The van der Waals surface area contributed by atoms with Gasteiger partial charge in [0.1, 0.15) is 5.75 Å². The van der Waals surface area contributed by atoms with Gasteiger partial charge in [-0.2, -0.15) is 0 Å². The normalized spacial score (nSPS) is 12.8. The molecule has 90 valence electrons. The molecule has 1 aromatic carbocycles. The summed E-state index contributed by atoms with van der Waals surface area (Å²) >= 11 is 0. The summed E-state index contributed by atoms with van der Waals surface area (Å²) in [6.07, 6.45) is 1.09. The number of ether oxygens (including phenoxy) is 1. The lowest BCUT2D eigenvalue weighted by Crippen LogP contribution is -2.29. The molecule has 0 aliphatic heterocycles. The van der Waals surface area contributed by atoms with Crippen molar-refractivity contribution in [2.24, 2.45) is 5.73 Å². The molecule has 3 heteroatoms. The maximum Gasteiger partial charge on any atom is 0.118 e. The van der Waals surface area contributed by atoms with Crippen molar-refractivity contribution in [1.29, 1.82) is 0 Å². The summed E-state index contributed by atoms with van der Waals surface area (Å²) in [5, 5.41) is 0. The molecule has 3 nitrogen and oxygen atoms in total. The fourth-order valence-corrected chi connectivity index (χ4v) is 1.99. The van der Waals surface area contributed by atoms with E-state index in [1.807, 2.05) is 12.1 Å². The van der Waals surface area contributed by atoms with Crippen LogP contribution in [0.1, 0.15) is 24.9 Å². The van der Waals surface area contributed by atoms with Gasteiger partial charge in [0.25, 0.3) is 0 Å². The van der Waals surface area contributed by atoms with Gasteiger partial charge in [0.15, 0.2) is 0 Å². The molecular weight excluding hydrogens is 200 g/mol. The van der Waals surface area contributed by atoms with Crippen LogP contribution in [0.15, 0.2) is 24.3 Å². The van der Waals surface area contributed by atoms with E-state index >= 15 is 0 Å². The smallest absolute Gasteiger partial charge is 0.118 e. The first-order chi connectivity index (χ1) is 7.72. The first-order valence-corrected chi connectivity index (χ1v) is 5.77. The van der Waals surface area contributed by atoms with Crippen LogP contribution in [0.25, 0.3) is 0 Å². The number of nitrogens with two attached hydrogens (primary N) is 1. The summed E-state index contributed by atoms with van der Waals surface area (Å²) in [6, 6.07) is 8.71. The average Bonchev–Trinajstić information content (AvgIpc) is 2.31. The van der Waals surface area contributed by atoms with Crippen LogP contribution in [0.3, 0.4) is 0 Å². The molecule has 1 rings (SSSR count). The molecule has 2 N–H and O–H groups in total. The number of benzene rings is 1. The maximum absolute atomic E-state index is 5.58. The number of hydrogen-bond donors (Lipinski definition) is 1. The van der Waals surface area contributed by atoms with Crippen molar-refractivity contribution in [1.82, 2.24) is 4.90 Å². The Kier molecular flexibility index (Phi) is 5.29. The summed E-state index contributed by atoms with van der Waals surface area (Å²) < 4.78 is 5.16. The molecule has 0 fully saturated rings. The van der Waals surface area contributed by atoms with E-state index < -0.39 is 0 Å². The molecule has 0 aromatic heterocycles. The average molecular weight is 222 g/mol. The zero-order chi connectivity index (χ0) is 12.0. The largest absolute Gasteiger partial charge is 0.497 e. The Hall–Kier alpha value is -1.06. The standard InChI is InChI=1S/C13H22N2O/c1-4-13(15(2)10-9-14)11-5-7-12(16-3)8-6-11/h5-8,13H,4,9-10,14H2,1-3H3/t13-/m0/s1. The number of nitrogens with zero attached hydrogens (tertiary/aromatic N) is 1. The molecule has 0 bridgehead atoms. The van der Waals surface area contributed by atoms with Crippen molar-refractivity contribution in [3.63, 3.8) is 0 Å². The Balaban J connectivity index is 2.78. The van der Waals surface area contributed by atoms with Gasteiger partial charge in [-0.3, -0.25) is 4.90 Å². The van der Waals surface area contributed by atoms with E-state index in [0.717, 1.165) is 18.7 Å². The molecule has 0 heterocycles. The number of methoxy groups -OCH3 is 1. The highest BCUT2D eigenvalue weighted by Gasteiger charge is 2.13. The molecule has 1 aromatic rings. The molecule has 16 heavy (non-hydrogen) atoms. The summed E-state index contributed by atoms with van der Waals surface area (Å²) in [5.41, 5.74) is 6.90. The highest BCUT2D eigenvalue weighted by molar-refractivity contribution is 5.29. The van der Waals surface area contributed by atoms with Crippen LogP contribution in [-0.4, -0.2) is 32.1 Å². The van der Waals surface area contributed by atoms with Crippen LogP contribution >= 0.6 is 0 Å². The molecule has 0 amide bonds. The van der Waals surface area contributed by atoms with Crippen LogP contribution in [0.2, 0.25) is 0 Å². The molecule has 0 radical (unpaired) electrons. The Morgan fingerprint density at radius 3 is 2.38 bits per heavy atom. The highest BCUT2D eigenvalue weighted by Crippen LogP contribution is 2.24. The first kappa shape index (κ1) is 13.0. The molecular formula is C13H22N2O. The van der Waals surface area contributed by atoms with Gasteiger partial charge in [-0.25, -0.2) is 0 Å². The fourth-order valence-electron chi connectivity index (χ4n) is 1.99. The van der Waals surface area contributed by atoms with Crippen molar-refractivity contribution >= 4 is 0 Å². The van der Waals surface area contributed by atoms with Crippen molar-refractivity contribution in [2.75, 3.05) is 27.2 Å². The van der Waals surface area contributed by atoms with Crippen LogP contribution < -0.4 is 10.5 Å². The lowest BCUT2D eigenvalue weighted by molar-refractivity contribution is 0.245. The summed E-state index contributed by atoms with van der Waals surface area (Å²) in [4.78, 5) is 2.29. The quantitative estimate of drug-likeness (QED) is 0.800. The Labute approximate surface area is 98.2 Å². The van der Waals surface area contributed by atoms with Crippen molar-refractivity contribution < 1.29 is 4.74 Å². The fraction of sp³-hybridized carbons (Fsp3) is 0.538. The van der Waals surface area contributed by atoms with Gasteiger partial charge in [-0.15, -0.1) is 0 Å². The Bertz CT molecular complexity index is 297. The van der Waals surface area contributed by atoms with Gasteiger partial charge in [0, 0.05) is 19.1 Å². The van der Waals surface area contributed by atoms with Gasteiger partial charge >= 0.3 is 0 Å². The molecule has 0 aliphatic rings. The molecule has 0 unspecified atom stereocenters. The van der Waals surface area contributed by atoms with Crippen LogP contribution in [0, 0.1) is 0 Å². The predicted molar refractivity (Wildman–Crippen MR) is 67.7 cm³/mol. The van der Waals surface area contributed by atoms with Crippen molar-refractivity contribution in [2.45, 2.75) is 19.4 Å². The minimum Gasteiger partial charge on any atom is -0.497 e. The Morgan fingerprint density at radius 1 is 1.31 bits per heavy atom. The third-order valence-electron chi connectivity index (χ3n) is 2.90. The Morgan fingerprint density at radius 2 is 1.94 bits per heavy atom. The lowest BCUT2D eigenvalue weighted by atomic mass is 10.0. The molecule has 0 spiro atoms. The predicted octanol–water partition coefficient (Wildman–Crippen LogP) is 2.04. The van der Waals surface area contributed by atoms with E-state index in [4.69, 9.17) is 10.5 Å². The van der Waals surface area contributed by atoms with Crippen LogP contribution in [0.4, 0.5) is 0 Å². The zero-order valence-corrected chi connectivity index (χ0v) is 10.4. The second-order valence-electron chi connectivity index (χ2n) is 3.97. The van der Waals surface area contributed by atoms with Gasteiger partial charge in [0.05, 0.1) is 7.11 Å². The van der Waals surface area contributed by atoms with E-state index in [1.54, 1.807) is 7.11 Å². The minimum atomic E-state index is 0.439. The van der Waals surface area contributed by atoms with Gasteiger partial charge < -0.3 is 10.5 Å². The van der Waals surface area contributed by atoms with Crippen molar-refractivity contribution in [3.05, 3.63) is 29.8 Å². The minimum absolute atomic E-state index is 0.439. The number of rotatable bonds is 6. The van der Waals surface area contributed by atoms with Crippen LogP contribution in [-0.2, 0) is 0 Å². The second kappa shape index (κ2) is 6.51. The van der Waals surface area contributed by atoms with E-state index in [2.05, 4.69) is 31.0 Å². The monoisotopic (exact) mass is 222 g/mol. The summed E-state index contributed by atoms with van der Waals surface area (Å²) in [6.45, 7) is 3.82. The second-order valence-corrected chi connectivity index (χ2v) is 3.97. The molecule has 0 saturated carbocycles. The van der Waals surface area contributed by atoms with Gasteiger partial charge in [-0.1, -0.05) is 19.1 Å². The number of likely N-dealkylation sites (N-methyl/N-ethyl adjacent to an activating group) is 1.